The number of benzene rings is 1. The van der Waals surface area contributed by atoms with Crippen molar-refractivity contribution in [3.05, 3.63) is 52.9 Å². The number of nitrogens with one attached hydrogen (secondary N) is 1. The molecular formula is C26H32N4O4. The largest absolute Gasteiger partial charge is 0.424 e. The molecule has 0 bridgehead atoms. The van der Waals surface area contributed by atoms with Crippen molar-refractivity contribution < 1.29 is 19.1 Å². The summed E-state index contributed by atoms with van der Waals surface area (Å²) in [5.41, 5.74) is 5.34. The van der Waals surface area contributed by atoms with Gasteiger partial charge in [0.15, 0.2) is 5.75 Å². The van der Waals surface area contributed by atoms with Crippen molar-refractivity contribution in [3.8, 4) is 11.4 Å². The van der Waals surface area contributed by atoms with Crippen LogP contribution in [-0.4, -0.2) is 59.9 Å². The summed E-state index contributed by atoms with van der Waals surface area (Å²) in [7, 11) is 1.61. The number of ether oxygens (including phenoxy) is 2. The zero-order valence-corrected chi connectivity index (χ0v) is 19.9. The Hall–Kier alpha value is -2.97. The summed E-state index contributed by atoms with van der Waals surface area (Å²) in [5.74, 6) is 0.782. The minimum Gasteiger partial charge on any atom is -0.424 e. The number of methoxy groups -OCH3 is 1. The van der Waals surface area contributed by atoms with E-state index >= 15 is 0 Å². The fourth-order valence-corrected chi connectivity index (χ4v) is 5.21. The standard InChI is InChI=1S/C26H32N4O4/c1-17(31)34-24-15-19(18-5-3-6-18)8-9-22(24)30-23-10-12-27-21-16-29(25(32)7-4-14-33-2)13-11-20(28-30)26(21)23/h4,7-9,15,18,21,27H,3,5-6,10-14,16H2,1-2H3/b7-4+/t21-/m0/s1. The molecule has 8 heteroatoms. The maximum Gasteiger partial charge on any atom is 0.308 e. The highest BCUT2D eigenvalue weighted by Crippen LogP contribution is 2.40. The summed E-state index contributed by atoms with van der Waals surface area (Å²) in [5, 5.41) is 8.58. The first-order valence-electron chi connectivity index (χ1n) is 12.2. The summed E-state index contributed by atoms with van der Waals surface area (Å²) in [6.07, 6.45) is 8.46. The van der Waals surface area contributed by atoms with E-state index in [1.807, 2.05) is 21.7 Å². The van der Waals surface area contributed by atoms with E-state index in [4.69, 9.17) is 14.6 Å². The Morgan fingerprint density at radius 2 is 2.12 bits per heavy atom. The van der Waals surface area contributed by atoms with Crippen molar-refractivity contribution in [3.63, 3.8) is 0 Å². The van der Waals surface area contributed by atoms with Crippen molar-refractivity contribution in [2.75, 3.05) is 33.4 Å². The molecule has 2 aliphatic heterocycles. The van der Waals surface area contributed by atoms with Gasteiger partial charge in [-0.15, -0.1) is 0 Å². The molecule has 2 aromatic rings. The Morgan fingerprint density at radius 3 is 2.85 bits per heavy atom. The zero-order valence-electron chi connectivity index (χ0n) is 19.9. The van der Waals surface area contributed by atoms with E-state index in [-0.39, 0.29) is 17.9 Å². The SMILES string of the molecule is COC/C=C/C(=O)N1CCc2nn(-c3ccc(C4CCC4)cc3OC(C)=O)c3c2[C@H](C1)NCC3. The number of nitrogens with zero attached hydrogens (tertiary/aromatic N) is 3. The lowest BCUT2D eigenvalue weighted by Crippen LogP contribution is -2.40. The highest BCUT2D eigenvalue weighted by atomic mass is 16.5. The van der Waals surface area contributed by atoms with Crippen LogP contribution in [0.2, 0.25) is 0 Å². The fourth-order valence-electron chi connectivity index (χ4n) is 5.21. The number of amides is 1. The number of hydrogen-bond acceptors (Lipinski definition) is 6. The quantitative estimate of drug-likeness (QED) is 0.402. The van der Waals surface area contributed by atoms with E-state index in [0.29, 0.717) is 37.8 Å². The Balaban J connectivity index is 1.47. The van der Waals surface area contributed by atoms with Crippen LogP contribution in [0, 0.1) is 0 Å². The van der Waals surface area contributed by atoms with Crippen LogP contribution in [0.5, 0.6) is 5.75 Å². The van der Waals surface area contributed by atoms with E-state index in [2.05, 4.69) is 11.4 Å². The van der Waals surface area contributed by atoms with Gasteiger partial charge in [0.25, 0.3) is 0 Å². The third kappa shape index (κ3) is 4.40. The normalized spacial score (nSPS) is 20.1. The van der Waals surface area contributed by atoms with Gasteiger partial charge < -0.3 is 19.7 Å². The van der Waals surface area contributed by atoms with Gasteiger partial charge in [0.2, 0.25) is 5.91 Å². The number of rotatable bonds is 6. The first-order valence-corrected chi connectivity index (χ1v) is 12.2. The zero-order chi connectivity index (χ0) is 23.7. The number of carbonyl (C=O) groups excluding carboxylic acids is 2. The van der Waals surface area contributed by atoms with Crippen molar-refractivity contribution in [2.24, 2.45) is 0 Å². The molecule has 34 heavy (non-hydrogen) atoms. The first kappa shape index (κ1) is 22.8. The molecule has 180 valence electrons. The van der Waals surface area contributed by atoms with Crippen LogP contribution in [0.15, 0.2) is 30.4 Å². The minimum absolute atomic E-state index is 0.00673. The van der Waals surface area contributed by atoms with E-state index in [0.717, 1.165) is 30.0 Å². The molecule has 0 saturated heterocycles. The van der Waals surface area contributed by atoms with Crippen molar-refractivity contribution in [1.82, 2.24) is 20.0 Å². The van der Waals surface area contributed by atoms with Crippen molar-refractivity contribution >= 4 is 11.9 Å². The van der Waals surface area contributed by atoms with Gasteiger partial charge in [-0.25, -0.2) is 4.68 Å². The average molecular weight is 465 g/mol. The minimum atomic E-state index is -0.329. The molecule has 1 amide bonds. The third-order valence-electron chi connectivity index (χ3n) is 7.10. The Labute approximate surface area is 199 Å². The Kier molecular flexibility index (Phi) is 6.52. The Bertz CT molecular complexity index is 1120. The highest BCUT2D eigenvalue weighted by molar-refractivity contribution is 5.87. The van der Waals surface area contributed by atoms with Crippen LogP contribution in [0.25, 0.3) is 5.69 Å². The van der Waals surface area contributed by atoms with Gasteiger partial charge >= 0.3 is 5.97 Å². The van der Waals surface area contributed by atoms with Crippen LogP contribution in [-0.2, 0) is 27.2 Å². The molecule has 1 aliphatic carbocycles. The molecule has 1 atom stereocenters. The number of esters is 1. The fraction of sp³-hybridized carbons (Fsp3) is 0.500. The monoisotopic (exact) mass is 464 g/mol. The van der Waals surface area contributed by atoms with Crippen LogP contribution < -0.4 is 10.1 Å². The van der Waals surface area contributed by atoms with Gasteiger partial charge in [-0.3, -0.25) is 9.59 Å². The van der Waals surface area contributed by atoms with Gasteiger partial charge in [-0.05, 0) is 36.5 Å². The lowest BCUT2D eigenvalue weighted by atomic mass is 9.80. The summed E-state index contributed by atoms with van der Waals surface area (Å²) in [6.45, 7) is 3.86. The van der Waals surface area contributed by atoms with Crippen molar-refractivity contribution in [2.45, 2.75) is 51.0 Å². The molecule has 0 unspecified atom stereocenters. The van der Waals surface area contributed by atoms with E-state index in [9.17, 15) is 9.59 Å². The molecule has 8 nitrogen and oxygen atoms in total. The average Bonchev–Trinajstić information content (AvgIpc) is 3.03. The van der Waals surface area contributed by atoms with Gasteiger partial charge in [-0.2, -0.15) is 5.10 Å². The Morgan fingerprint density at radius 1 is 1.26 bits per heavy atom. The number of hydrogen-bond donors (Lipinski definition) is 1. The second-order valence-electron chi connectivity index (χ2n) is 9.32. The summed E-state index contributed by atoms with van der Waals surface area (Å²) in [6, 6.07) is 6.24. The van der Waals surface area contributed by atoms with E-state index in [1.165, 1.54) is 37.3 Å². The molecule has 1 aromatic carbocycles. The number of aromatic nitrogens is 2. The van der Waals surface area contributed by atoms with Crippen molar-refractivity contribution in [1.29, 1.82) is 0 Å². The summed E-state index contributed by atoms with van der Waals surface area (Å²) < 4.78 is 12.7. The van der Waals surface area contributed by atoms with Gasteiger partial charge in [0, 0.05) is 58.1 Å². The molecule has 1 saturated carbocycles. The predicted molar refractivity (Wildman–Crippen MR) is 127 cm³/mol. The lowest BCUT2D eigenvalue weighted by Gasteiger charge is -2.29. The smallest absolute Gasteiger partial charge is 0.308 e. The molecule has 5 rings (SSSR count). The van der Waals surface area contributed by atoms with Crippen LogP contribution >= 0.6 is 0 Å². The first-order chi connectivity index (χ1) is 16.5. The summed E-state index contributed by atoms with van der Waals surface area (Å²) in [4.78, 5) is 26.5. The van der Waals surface area contributed by atoms with Gasteiger partial charge in [0.05, 0.1) is 24.0 Å². The molecule has 1 fully saturated rings. The molecular weight excluding hydrogens is 432 g/mol. The molecule has 3 heterocycles. The number of carbonyl (C=O) groups is 2. The third-order valence-corrected chi connectivity index (χ3v) is 7.10. The molecule has 0 spiro atoms. The topological polar surface area (TPSA) is 85.7 Å². The molecule has 0 radical (unpaired) electrons. The highest BCUT2D eigenvalue weighted by Gasteiger charge is 2.34. The van der Waals surface area contributed by atoms with E-state index in [1.54, 1.807) is 19.3 Å². The second kappa shape index (κ2) is 9.72. The summed E-state index contributed by atoms with van der Waals surface area (Å²) >= 11 is 0. The maximum atomic E-state index is 12.7. The predicted octanol–water partition coefficient (Wildman–Crippen LogP) is 2.84. The molecule has 1 N–H and O–H groups in total. The molecule has 3 aliphatic rings. The van der Waals surface area contributed by atoms with Crippen LogP contribution in [0.4, 0.5) is 0 Å². The van der Waals surface area contributed by atoms with Crippen LogP contribution in [0.3, 0.4) is 0 Å². The lowest BCUT2D eigenvalue weighted by molar-refractivity contribution is -0.132. The van der Waals surface area contributed by atoms with E-state index < -0.39 is 0 Å². The second-order valence-corrected chi connectivity index (χ2v) is 9.32. The van der Waals surface area contributed by atoms with Gasteiger partial charge in [0.1, 0.15) is 5.69 Å². The molecule has 1 aromatic heterocycles. The van der Waals surface area contributed by atoms with Crippen LogP contribution in [0.1, 0.15) is 60.7 Å². The maximum absolute atomic E-state index is 12.7. The van der Waals surface area contributed by atoms with Gasteiger partial charge in [-0.1, -0.05) is 18.6 Å².